The van der Waals surface area contributed by atoms with Crippen LogP contribution in [0.1, 0.15) is 52.6 Å². The minimum absolute atomic E-state index is 0.306. The number of hydrogen-bond acceptors (Lipinski definition) is 10. The zero-order valence-electron chi connectivity index (χ0n) is 22.3. The van der Waals surface area contributed by atoms with Crippen molar-refractivity contribution in [3.05, 3.63) is 122 Å². The van der Waals surface area contributed by atoms with Crippen molar-refractivity contribution in [2.45, 2.75) is 6.42 Å². The summed E-state index contributed by atoms with van der Waals surface area (Å²) in [6.45, 7) is 0.623. The van der Waals surface area contributed by atoms with Gasteiger partial charge in [-0.3, -0.25) is 14.9 Å². The number of nitrogens with two attached hydrogens (primary N) is 1. The molecule has 0 aliphatic rings. The predicted octanol–water partition coefficient (Wildman–Crippen LogP) is 3.98. The molecule has 3 rings (SSSR count). The van der Waals surface area contributed by atoms with E-state index in [1.807, 2.05) is 12.1 Å². The van der Waals surface area contributed by atoms with Gasteiger partial charge in [0.25, 0.3) is 0 Å². The molecule has 11 nitrogen and oxygen atoms in total. The van der Waals surface area contributed by atoms with E-state index in [2.05, 4.69) is 14.2 Å². The van der Waals surface area contributed by atoms with Crippen molar-refractivity contribution >= 4 is 30.3 Å². The normalized spacial score (nSPS) is 9.70. The maximum atomic E-state index is 11.0. The molecule has 210 valence electrons. The fourth-order valence-corrected chi connectivity index (χ4v) is 2.90. The highest BCUT2D eigenvalue weighted by Gasteiger charge is 2.05. The SMILES string of the molecule is COC(=O)c1ccc(/C=C/[N+](=O)[O-])cc1.COC(=O)c1ccc(C=O)cc1.COC(=O)c1ccc(CCN)cc1. The molecule has 0 fully saturated rings. The van der Waals surface area contributed by atoms with Gasteiger partial charge >= 0.3 is 17.9 Å². The van der Waals surface area contributed by atoms with E-state index in [4.69, 9.17) is 5.73 Å². The number of nitro groups is 1. The third-order valence-corrected chi connectivity index (χ3v) is 5.00. The third kappa shape index (κ3) is 11.9. The Balaban J connectivity index is 0.000000302. The second-order valence-electron chi connectivity index (χ2n) is 7.67. The van der Waals surface area contributed by atoms with Gasteiger partial charge in [-0.15, -0.1) is 0 Å². The zero-order chi connectivity index (χ0) is 29.9. The Morgan fingerprint density at radius 3 is 1.43 bits per heavy atom. The van der Waals surface area contributed by atoms with Crippen molar-refractivity contribution < 1.29 is 38.3 Å². The molecule has 40 heavy (non-hydrogen) atoms. The molecule has 0 bridgehead atoms. The molecule has 0 amide bonds. The molecular weight excluding hydrogens is 520 g/mol. The molecule has 0 aliphatic heterocycles. The van der Waals surface area contributed by atoms with Gasteiger partial charge in [-0.25, -0.2) is 14.4 Å². The lowest BCUT2D eigenvalue weighted by Gasteiger charge is -2.00. The standard InChI is InChI=1S/C10H9NO4.C10H13NO2.C9H8O3/c1-15-10(12)9-4-2-8(3-5-9)6-7-11(13)14;1-13-10(12)9-4-2-8(3-5-9)6-7-11;1-12-9(11)8-4-2-7(6-10)3-5-8/h2-7H,1H3;2-5H,6-7,11H2,1H3;2-6H,1H3/b7-6+;;. The first-order valence-corrected chi connectivity index (χ1v) is 11.7. The van der Waals surface area contributed by atoms with Crippen LogP contribution in [0.25, 0.3) is 6.08 Å². The van der Waals surface area contributed by atoms with Crippen molar-refractivity contribution in [1.82, 2.24) is 0 Å². The van der Waals surface area contributed by atoms with Crippen LogP contribution < -0.4 is 5.73 Å². The molecule has 0 saturated heterocycles. The lowest BCUT2D eigenvalue weighted by atomic mass is 10.1. The molecule has 3 aromatic rings. The molecule has 0 spiro atoms. The van der Waals surface area contributed by atoms with Crippen LogP contribution in [-0.2, 0) is 20.6 Å². The maximum Gasteiger partial charge on any atom is 0.337 e. The molecule has 0 aliphatic carbocycles. The summed E-state index contributed by atoms with van der Waals surface area (Å²) in [6, 6.07) is 19.8. The molecular formula is C29H30N2O9. The van der Waals surface area contributed by atoms with E-state index in [1.165, 1.54) is 27.4 Å². The molecule has 11 heteroatoms. The van der Waals surface area contributed by atoms with E-state index in [0.29, 0.717) is 34.4 Å². The molecule has 0 unspecified atom stereocenters. The molecule has 2 N–H and O–H groups in total. The van der Waals surface area contributed by atoms with Crippen LogP contribution in [0.4, 0.5) is 0 Å². The van der Waals surface area contributed by atoms with E-state index in [-0.39, 0.29) is 5.97 Å². The summed E-state index contributed by atoms with van der Waals surface area (Å²) in [5.41, 5.74) is 9.16. The summed E-state index contributed by atoms with van der Waals surface area (Å²) in [4.78, 5) is 52.7. The largest absolute Gasteiger partial charge is 0.465 e. The van der Waals surface area contributed by atoms with Gasteiger partial charge in [-0.05, 0) is 60.5 Å². The molecule has 0 saturated carbocycles. The Morgan fingerprint density at radius 2 is 1.10 bits per heavy atom. The number of aldehydes is 1. The average molecular weight is 551 g/mol. The number of nitrogens with zero attached hydrogens (tertiary/aromatic N) is 1. The highest BCUT2D eigenvalue weighted by Crippen LogP contribution is 2.08. The maximum absolute atomic E-state index is 11.0. The highest BCUT2D eigenvalue weighted by atomic mass is 16.6. The van der Waals surface area contributed by atoms with E-state index >= 15 is 0 Å². The summed E-state index contributed by atoms with van der Waals surface area (Å²) >= 11 is 0. The fourth-order valence-electron chi connectivity index (χ4n) is 2.90. The quantitative estimate of drug-likeness (QED) is 0.142. The Labute approximate surface area is 231 Å². The molecule has 0 heterocycles. The number of methoxy groups -OCH3 is 3. The van der Waals surface area contributed by atoms with Crippen LogP contribution in [-0.4, -0.2) is 57.0 Å². The number of carbonyl (C=O) groups is 4. The predicted molar refractivity (Wildman–Crippen MR) is 148 cm³/mol. The smallest absolute Gasteiger partial charge is 0.337 e. The molecule has 0 aromatic heterocycles. The van der Waals surface area contributed by atoms with Crippen LogP contribution in [0.15, 0.2) is 79.0 Å². The Hall–Kier alpha value is -5.16. The van der Waals surface area contributed by atoms with E-state index in [1.54, 1.807) is 60.7 Å². The van der Waals surface area contributed by atoms with Crippen molar-refractivity contribution in [3.8, 4) is 0 Å². The Kier molecular flexibility index (Phi) is 14.9. The van der Waals surface area contributed by atoms with Gasteiger partial charge in [0.2, 0.25) is 6.20 Å². The van der Waals surface area contributed by atoms with Crippen LogP contribution >= 0.6 is 0 Å². The van der Waals surface area contributed by atoms with Gasteiger partial charge < -0.3 is 19.9 Å². The Bertz CT molecular complexity index is 1280. The van der Waals surface area contributed by atoms with Crippen LogP contribution in [0, 0.1) is 10.1 Å². The summed E-state index contributed by atoms with van der Waals surface area (Å²) in [6.07, 6.45) is 3.75. The van der Waals surface area contributed by atoms with Crippen LogP contribution in [0.2, 0.25) is 0 Å². The fraction of sp³-hybridized carbons (Fsp3) is 0.172. The van der Waals surface area contributed by atoms with Gasteiger partial charge in [0.05, 0.1) is 42.9 Å². The first-order chi connectivity index (χ1) is 19.2. The first-order valence-electron chi connectivity index (χ1n) is 11.7. The van der Waals surface area contributed by atoms with Gasteiger partial charge in [-0.1, -0.05) is 36.4 Å². The third-order valence-electron chi connectivity index (χ3n) is 5.00. The first kappa shape index (κ1) is 32.9. The number of benzene rings is 3. The topological polar surface area (TPSA) is 165 Å². The van der Waals surface area contributed by atoms with Crippen molar-refractivity contribution in [2.75, 3.05) is 27.9 Å². The number of ether oxygens (including phenoxy) is 3. The van der Waals surface area contributed by atoms with Crippen LogP contribution in [0.3, 0.4) is 0 Å². The molecule has 3 aromatic carbocycles. The second kappa shape index (κ2) is 18.2. The van der Waals surface area contributed by atoms with Gasteiger partial charge in [0.15, 0.2) is 0 Å². The summed E-state index contributed by atoms with van der Waals surface area (Å²) in [7, 11) is 3.98. The highest BCUT2D eigenvalue weighted by molar-refractivity contribution is 5.90. The number of carbonyl (C=O) groups excluding carboxylic acids is 4. The van der Waals surface area contributed by atoms with Crippen molar-refractivity contribution in [3.63, 3.8) is 0 Å². The monoisotopic (exact) mass is 550 g/mol. The minimum Gasteiger partial charge on any atom is -0.465 e. The Morgan fingerprint density at radius 1 is 0.725 bits per heavy atom. The van der Waals surface area contributed by atoms with Gasteiger partial charge in [-0.2, -0.15) is 0 Å². The lowest BCUT2D eigenvalue weighted by Crippen LogP contribution is -2.04. The number of esters is 3. The van der Waals surface area contributed by atoms with E-state index in [9.17, 15) is 29.3 Å². The number of rotatable bonds is 8. The van der Waals surface area contributed by atoms with E-state index in [0.717, 1.165) is 24.5 Å². The lowest BCUT2D eigenvalue weighted by molar-refractivity contribution is -0.400. The van der Waals surface area contributed by atoms with E-state index < -0.39 is 16.9 Å². The summed E-state index contributed by atoms with van der Waals surface area (Å²) in [5, 5.41) is 10.0. The summed E-state index contributed by atoms with van der Waals surface area (Å²) < 4.78 is 13.6. The van der Waals surface area contributed by atoms with Crippen molar-refractivity contribution in [1.29, 1.82) is 0 Å². The van der Waals surface area contributed by atoms with Gasteiger partial charge in [0.1, 0.15) is 6.29 Å². The average Bonchev–Trinajstić information content (AvgIpc) is 3.00. The number of hydrogen-bond donors (Lipinski definition) is 1. The minimum atomic E-state index is -0.547. The van der Waals surface area contributed by atoms with Gasteiger partial charge in [0, 0.05) is 11.6 Å². The zero-order valence-corrected chi connectivity index (χ0v) is 22.3. The summed E-state index contributed by atoms with van der Waals surface area (Å²) in [5.74, 6) is -1.13. The second-order valence-corrected chi connectivity index (χ2v) is 7.67. The van der Waals surface area contributed by atoms with Crippen LogP contribution in [0.5, 0.6) is 0 Å². The molecule has 0 radical (unpaired) electrons. The molecule has 0 atom stereocenters. The van der Waals surface area contributed by atoms with Crippen molar-refractivity contribution in [2.24, 2.45) is 5.73 Å².